The smallest absolute Gasteiger partial charge is 0.336 e. The highest BCUT2D eigenvalue weighted by atomic mass is 32.2. The molecular formula is C12H13FO5S. The Balaban J connectivity index is 2.95. The molecule has 7 heteroatoms. The Morgan fingerprint density at radius 2 is 2.00 bits per heavy atom. The number of aliphatic hydroxyl groups is 2. The molecule has 0 aliphatic rings. The third kappa shape index (κ3) is 4.30. The predicted octanol–water partition coefficient (Wildman–Crippen LogP) is 1.20. The van der Waals surface area contributed by atoms with Crippen molar-refractivity contribution in [3.8, 4) is 0 Å². The van der Waals surface area contributed by atoms with Crippen molar-refractivity contribution in [1.29, 1.82) is 0 Å². The van der Waals surface area contributed by atoms with Gasteiger partial charge in [0.05, 0.1) is 11.7 Å². The SMILES string of the molecule is CC(=O)SCC(O)C(O)c1ccc(F)cc1C(=O)O. The van der Waals surface area contributed by atoms with E-state index in [1.807, 2.05) is 0 Å². The van der Waals surface area contributed by atoms with Gasteiger partial charge in [0.1, 0.15) is 11.9 Å². The molecule has 1 aromatic rings. The minimum Gasteiger partial charge on any atom is -0.478 e. The van der Waals surface area contributed by atoms with E-state index in [2.05, 4.69) is 0 Å². The molecule has 19 heavy (non-hydrogen) atoms. The number of thioether (sulfide) groups is 1. The van der Waals surface area contributed by atoms with Crippen LogP contribution in [0.25, 0.3) is 0 Å². The Morgan fingerprint density at radius 1 is 1.37 bits per heavy atom. The van der Waals surface area contributed by atoms with Crippen LogP contribution in [0.2, 0.25) is 0 Å². The maximum atomic E-state index is 13.0. The summed E-state index contributed by atoms with van der Waals surface area (Å²) in [5.41, 5.74) is -0.509. The Bertz CT molecular complexity index is 491. The summed E-state index contributed by atoms with van der Waals surface area (Å²) in [7, 11) is 0. The van der Waals surface area contributed by atoms with Gasteiger partial charge < -0.3 is 15.3 Å². The van der Waals surface area contributed by atoms with Crippen LogP contribution < -0.4 is 0 Å². The molecule has 0 aromatic heterocycles. The number of carbonyl (C=O) groups is 2. The molecule has 1 aromatic carbocycles. The fourth-order valence-corrected chi connectivity index (χ4v) is 2.06. The molecule has 0 aliphatic carbocycles. The third-order valence-corrected chi connectivity index (χ3v) is 3.30. The van der Waals surface area contributed by atoms with E-state index < -0.39 is 29.6 Å². The van der Waals surface area contributed by atoms with Crippen LogP contribution in [-0.2, 0) is 4.79 Å². The summed E-state index contributed by atoms with van der Waals surface area (Å²) in [6.07, 6.45) is -2.82. The summed E-state index contributed by atoms with van der Waals surface area (Å²) >= 11 is 0.809. The second-order valence-electron chi connectivity index (χ2n) is 3.85. The average molecular weight is 288 g/mol. The van der Waals surface area contributed by atoms with Crippen LogP contribution in [0.5, 0.6) is 0 Å². The fourth-order valence-electron chi connectivity index (χ4n) is 1.47. The molecule has 0 bridgehead atoms. The molecule has 0 saturated heterocycles. The lowest BCUT2D eigenvalue weighted by Crippen LogP contribution is -2.23. The van der Waals surface area contributed by atoms with Gasteiger partial charge in [-0.05, 0) is 17.7 Å². The number of aromatic carboxylic acids is 1. The lowest BCUT2D eigenvalue weighted by Gasteiger charge is -2.19. The van der Waals surface area contributed by atoms with E-state index in [-0.39, 0.29) is 16.4 Å². The van der Waals surface area contributed by atoms with Crippen molar-refractivity contribution in [2.75, 3.05) is 5.75 Å². The standard InChI is InChI=1S/C12H13FO5S/c1-6(14)19-5-10(15)11(16)8-3-2-7(13)4-9(8)12(17)18/h2-4,10-11,15-16H,5H2,1H3,(H,17,18). The highest BCUT2D eigenvalue weighted by Crippen LogP contribution is 2.24. The van der Waals surface area contributed by atoms with Gasteiger partial charge in [-0.15, -0.1) is 0 Å². The van der Waals surface area contributed by atoms with Crippen LogP contribution >= 0.6 is 11.8 Å². The monoisotopic (exact) mass is 288 g/mol. The first-order chi connectivity index (χ1) is 8.82. The summed E-state index contributed by atoms with van der Waals surface area (Å²) in [6.45, 7) is 1.31. The highest BCUT2D eigenvalue weighted by molar-refractivity contribution is 8.13. The maximum absolute atomic E-state index is 13.0. The first-order valence-electron chi connectivity index (χ1n) is 5.35. The third-order valence-electron chi connectivity index (χ3n) is 2.39. The Kier molecular flexibility index (Phi) is 5.46. The van der Waals surface area contributed by atoms with Crippen molar-refractivity contribution in [2.24, 2.45) is 0 Å². The number of rotatable bonds is 5. The normalized spacial score (nSPS) is 13.9. The number of benzene rings is 1. The maximum Gasteiger partial charge on any atom is 0.336 e. The quantitative estimate of drug-likeness (QED) is 0.753. The first-order valence-corrected chi connectivity index (χ1v) is 6.33. The van der Waals surface area contributed by atoms with E-state index in [1.165, 1.54) is 6.92 Å². The van der Waals surface area contributed by atoms with Gasteiger partial charge in [0.25, 0.3) is 0 Å². The lowest BCUT2D eigenvalue weighted by atomic mass is 9.99. The second-order valence-corrected chi connectivity index (χ2v) is 5.05. The Hall–Kier alpha value is -1.44. The molecule has 0 heterocycles. The van der Waals surface area contributed by atoms with Crippen molar-refractivity contribution in [3.63, 3.8) is 0 Å². The van der Waals surface area contributed by atoms with E-state index in [1.54, 1.807) is 0 Å². The number of carboxylic acid groups (broad SMARTS) is 1. The van der Waals surface area contributed by atoms with E-state index >= 15 is 0 Å². The zero-order valence-corrected chi connectivity index (χ0v) is 10.9. The summed E-state index contributed by atoms with van der Waals surface area (Å²) in [6, 6.07) is 2.87. The zero-order valence-electron chi connectivity index (χ0n) is 10.0. The molecule has 3 N–H and O–H groups in total. The van der Waals surface area contributed by atoms with Crippen LogP contribution in [0.1, 0.15) is 28.9 Å². The number of halogens is 1. The minimum absolute atomic E-state index is 0.0765. The molecule has 1 rings (SSSR count). The summed E-state index contributed by atoms with van der Waals surface area (Å²) in [5, 5.41) is 28.2. The number of carbonyl (C=O) groups excluding carboxylic acids is 1. The molecule has 0 radical (unpaired) electrons. The molecular weight excluding hydrogens is 275 g/mol. The van der Waals surface area contributed by atoms with Crippen molar-refractivity contribution in [1.82, 2.24) is 0 Å². The van der Waals surface area contributed by atoms with E-state index in [0.717, 1.165) is 30.0 Å². The van der Waals surface area contributed by atoms with Gasteiger partial charge in [-0.2, -0.15) is 0 Å². The van der Waals surface area contributed by atoms with Crippen molar-refractivity contribution >= 4 is 22.8 Å². The fraction of sp³-hybridized carbons (Fsp3) is 0.333. The molecule has 5 nitrogen and oxygen atoms in total. The number of carboxylic acids is 1. The van der Waals surface area contributed by atoms with Crippen LogP contribution in [0.3, 0.4) is 0 Å². The van der Waals surface area contributed by atoms with Crippen LogP contribution in [-0.4, -0.2) is 38.3 Å². The molecule has 0 amide bonds. The topological polar surface area (TPSA) is 94.8 Å². The van der Waals surface area contributed by atoms with Gasteiger partial charge in [-0.1, -0.05) is 17.8 Å². The van der Waals surface area contributed by atoms with Gasteiger partial charge in [0.15, 0.2) is 5.12 Å². The van der Waals surface area contributed by atoms with Crippen molar-refractivity contribution in [3.05, 3.63) is 35.1 Å². The van der Waals surface area contributed by atoms with Gasteiger partial charge in [-0.25, -0.2) is 9.18 Å². The van der Waals surface area contributed by atoms with Crippen LogP contribution in [0.4, 0.5) is 4.39 Å². The van der Waals surface area contributed by atoms with E-state index in [4.69, 9.17) is 5.11 Å². The average Bonchev–Trinajstić information content (AvgIpc) is 2.34. The number of hydrogen-bond donors (Lipinski definition) is 3. The summed E-state index contributed by atoms with van der Waals surface area (Å²) in [4.78, 5) is 21.7. The van der Waals surface area contributed by atoms with Crippen LogP contribution in [0.15, 0.2) is 18.2 Å². The van der Waals surface area contributed by atoms with Gasteiger partial charge >= 0.3 is 5.97 Å². The molecule has 104 valence electrons. The lowest BCUT2D eigenvalue weighted by molar-refractivity contribution is -0.109. The predicted molar refractivity (Wildman–Crippen MR) is 67.5 cm³/mol. The highest BCUT2D eigenvalue weighted by Gasteiger charge is 2.24. The van der Waals surface area contributed by atoms with Crippen molar-refractivity contribution in [2.45, 2.75) is 19.1 Å². The minimum atomic E-state index is -1.50. The number of hydrogen-bond acceptors (Lipinski definition) is 5. The first kappa shape index (κ1) is 15.6. The zero-order chi connectivity index (χ0) is 14.6. The summed E-state index contributed by atoms with van der Waals surface area (Å²) < 4.78 is 13.0. The molecule has 2 atom stereocenters. The number of aliphatic hydroxyl groups excluding tert-OH is 2. The Morgan fingerprint density at radius 3 is 2.53 bits per heavy atom. The van der Waals surface area contributed by atoms with E-state index in [0.29, 0.717) is 0 Å². The second kappa shape index (κ2) is 6.65. The molecule has 0 aliphatic heterocycles. The van der Waals surface area contributed by atoms with Gasteiger partial charge in [0, 0.05) is 12.7 Å². The van der Waals surface area contributed by atoms with E-state index in [9.17, 15) is 24.2 Å². The van der Waals surface area contributed by atoms with Crippen LogP contribution in [0, 0.1) is 5.82 Å². The van der Waals surface area contributed by atoms with Gasteiger partial charge in [0.2, 0.25) is 0 Å². The Labute approximate surface area is 113 Å². The molecule has 0 fully saturated rings. The molecule has 2 unspecified atom stereocenters. The largest absolute Gasteiger partial charge is 0.478 e. The van der Waals surface area contributed by atoms with Crippen molar-refractivity contribution < 1.29 is 29.3 Å². The molecule has 0 saturated carbocycles. The summed E-state index contributed by atoms with van der Waals surface area (Å²) in [5.74, 6) is -2.23. The molecule has 0 spiro atoms. The van der Waals surface area contributed by atoms with Gasteiger partial charge in [-0.3, -0.25) is 4.79 Å².